The van der Waals surface area contributed by atoms with Crippen molar-refractivity contribution in [3.05, 3.63) is 133 Å². The average molecular weight is 779 g/mol. The molecular formula is C40H31N4OPt-. The van der Waals surface area contributed by atoms with Gasteiger partial charge in [-0.2, -0.15) is 6.20 Å². The zero-order valence-corrected chi connectivity index (χ0v) is 27.9. The predicted octanol–water partition coefficient (Wildman–Crippen LogP) is 9.69. The van der Waals surface area contributed by atoms with E-state index < -0.39 is 0 Å². The first-order chi connectivity index (χ1) is 21.9. The molecule has 1 N–H and O–H groups in total. The van der Waals surface area contributed by atoms with Crippen LogP contribution in [0, 0.1) is 0 Å². The van der Waals surface area contributed by atoms with Crippen LogP contribution in [0.1, 0.15) is 26.3 Å². The third-order valence-corrected chi connectivity index (χ3v) is 8.58. The number of pyridine rings is 1. The fourth-order valence-corrected chi connectivity index (χ4v) is 6.28. The molecule has 8 rings (SSSR count). The van der Waals surface area contributed by atoms with Crippen LogP contribution >= 0.6 is 0 Å². The molecule has 46 heavy (non-hydrogen) atoms. The molecule has 0 aliphatic heterocycles. The van der Waals surface area contributed by atoms with Crippen molar-refractivity contribution < 1.29 is 26.2 Å². The second-order valence-corrected chi connectivity index (χ2v) is 12.5. The summed E-state index contributed by atoms with van der Waals surface area (Å²) < 4.78 is 2.23. The van der Waals surface area contributed by atoms with Gasteiger partial charge in [0.2, 0.25) is 0 Å². The summed E-state index contributed by atoms with van der Waals surface area (Å²) in [4.78, 5) is 15.3. The molecule has 0 saturated heterocycles. The molecule has 0 unspecified atom stereocenters. The quantitative estimate of drug-likeness (QED) is 0.193. The van der Waals surface area contributed by atoms with Crippen molar-refractivity contribution in [1.29, 1.82) is 0 Å². The van der Waals surface area contributed by atoms with Crippen molar-refractivity contribution in [3.8, 4) is 45.2 Å². The molecule has 3 aromatic heterocycles. The second kappa shape index (κ2) is 11.4. The van der Waals surface area contributed by atoms with Gasteiger partial charge in [-0.3, -0.25) is 4.57 Å². The largest absolute Gasteiger partial charge is 0.663 e. The summed E-state index contributed by atoms with van der Waals surface area (Å²) in [7, 11) is 0. The number of imidazole rings is 1. The third-order valence-electron chi connectivity index (χ3n) is 8.58. The first-order valence-electron chi connectivity index (χ1n) is 15.2. The van der Waals surface area contributed by atoms with Crippen LogP contribution in [-0.4, -0.2) is 19.6 Å². The second-order valence-electron chi connectivity index (χ2n) is 12.5. The van der Waals surface area contributed by atoms with Crippen molar-refractivity contribution in [3.63, 3.8) is 0 Å². The SMILES string of the molecule is CC(C)(C)c1cc(-c2nc3c(-c4cc(-c5ccccc5)c5cccc(O)c5n4)cccc3n2-c2ccccc2)c2[n-]ccc2c1.[Pt]. The molecule has 0 saturated carbocycles. The van der Waals surface area contributed by atoms with E-state index in [1.54, 1.807) is 6.07 Å². The van der Waals surface area contributed by atoms with Crippen molar-refractivity contribution in [2.45, 2.75) is 26.2 Å². The summed E-state index contributed by atoms with van der Waals surface area (Å²) in [5.74, 6) is 0.975. The van der Waals surface area contributed by atoms with E-state index in [9.17, 15) is 5.11 Å². The number of fused-ring (bicyclic) bond motifs is 3. The van der Waals surface area contributed by atoms with E-state index >= 15 is 0 Å². The van der Waals surface area contributed by atoms with Crippen molar-refractivity contribution in [1.82, 2.24) is 19.5 Å². The van der Waals surface area contributed by atoms with Crippen LogP contribution in [-0.2, 0) is 26.5 Å². The van der Waals surface area contributed by atoms with Gasteiger partial charge in [0, 0.05) is 43.3 Å². The number of phenols is 1. The molecule has 8 aromatic rings. The van der Waals surface area contributed by atoms with Gasteiger partial charge in [0.1, 0.15) is 17.1 Å². The zero-order valence-electron chi connectivity index (χ0n) is 25.7. The Morgan fingerprint density at radius 1 is 0.674 bits per heavy atom. The van der Waals surface area contributed by atoms with Crippen LogP contribution in [0.4, 0.5) is 0 Å². The van der Waals surface area contributed by atoms with Gasteiger partial charge >= 0.3 is 0 Å². The third kappa shape index (κ3) is 4.92. The van der Waals surface area contributed by atoms with Gasteiger partial charge in [0.25, 0.3) is 0 Å². The molecule has 0 amide bonds. The van der Waals surface area contributed by atoms with E-state index in [-0.39, 0.29) is 32.2 Å². The normalized spacial score (nSPS) is 11.7. The first-order valence-corrected chi connectivity index (χ1v) is 15.2. The van der Waals surface area contributed by atoms with Crippen LogP contribution in [0.25, 0.3) is 72.3 Å². The standard InChI is InChI=1S/C40H31N4O.Pt/c1-40(2,3)27-22-26-20-21-41-36(26)32(23-27)39-43-37-30(17-10-18-34(37)44(39)28-14-8-5-9-15-28)33-24-31(25-12-6-4-7-13-25)29-16-11-19-35(45)38(29)42-33;/h4-24H,1-3H3,(H-,41,42,43,45);/q-1;. The molecular weight excluding hydrogens is 748 g/mol. The number of benzene rings is 5. The van der Waals surface area contributed by atoms with Gasteiger partial charge in [0.05, 0.1) is 16.7 Å². The monoisotopic (exact) mass is 778 g/mol. The molecule has 0 spiro atoms. The zero-order chi connectivity index (χ0) is 30.7. The number of nitrogens with zero attached hydrogens (tertiary/aromatic N) is 4. The molecule has 228 valence electrons. The molecule has 0 aliphatic rings. The average Bonchev–Trinajstić information content (AvgIpc) is 3.70. The van der Waals surface area contributed by atoms with Gasteiger partial charge in [-0.05, 0) is 63.9 Å². The summed E-state index contributed by atoms with van der Waals surface area (Å²) in [6.07, 6.45) is 1.87. The minimum atomic E-state index is -0.0557. The summed E-state index contributed by atoms with van der Waals surface area (Å²) >= 11 is 0. The molecule has 0 radical (unpaired) electrons. The molecule has 0 aliphatic carbocycles. The van der Waals surface area contributed by atoms with Gasteiger partial charge in [-0.1, -0.05) is 106 Å². The van der Waals surface area contributed by atoms with E-state index in [4.69, 9.17) is 15.0 Å². The van der Waals surface area contributed by atoms with Crippen molar-refractivity contribution in [2.24, 2.45) is 0 Å². The van der Waals surface area contributed by atoms with Gasteiger partial charge < -0.3 is 10.1 Å². The van der Waals surface area contributed by atoms with Gasteiger partial charge in [0.15, 0.2) is 0 Å². The van der Waals surface area contributed by atoms with Crippen molar-refractivity contribution in [2.75, 3.05) is 0 Å². The Morgan fingerprint density at radius 3 is 2.17 bits per heavy atom. The summed E-state index contributed by atoms with van der Waals surface area (Å²) in [6, 6.07) is 41.1. The Hall–Kier alpha value is -4.99. The van der Waals surface area contributed by atoms with Crippen LogP contribution in [0.5, 0.6) is 5.75 Å². The Bertz CT molecular complexity index is 2370. The van der Waals surface area contributed by atoms with E-state index in [0.717, 1.165) is 66.8 Å². The van der Waals surface area contributed by atoms with Crippen molar-refractivity contribution >= 4 is 32.8 Å². The van der Waals surface area contributed by atoms with E-state index in [0.29, 0.717) is 5.52 Å². The Labute approximate surface area is 281 Å². The van der Waals surface area contributed by atoms with Crippen LogP contribution in [0.15, 0.2) is 128 Å². The smallest absolute Gasteiger partial charge is 0.144 e. The van der Waals surface area contributed by atoms with Gasteiger partial charge in [-0.25, -0.2) is 9.97 Å². The number of hydrogen-bond donors (Lipinski definition) is 1. The summed E-state index contributed by atoms with van der Waals surface area (Å²) in [6.45, 7) is 6.70. The van der Waals surface area contributed by atoms with E-state index in [1.807, 2.05) is 42.6 Å². The molecule has 3 heterocycles. The Morgan fingerprint density at radius 2 is 1.41 bits per heavy atom. The number of aromatic hydroxyl groups is 1. The number of hydrogen-bond acceptors (Lipinski definition) is 3. The summed E-state index contributed by atoms with van der Waals surface area (Å²) in [5, 5.41) is 13.0. The maximum Gasteiger partial charge on any atom is 0.144 e. The number of para-hydroxylation sites is 3. The maximum absolute atomic E-state index is 11.0. The maximum atomic E-state index is 11.0. The van der Waals surface area contributed by atoms with Crippen LogP contribution in [0.3, 0.4) is 0 Å². The molecule has 5 aromatic carbocycles. The fourth-order valence-electron chi connectivity index (χ4n) is 6.28. The molecule has 0 bridgehead atoms. The number of rotatable bonds is 4. The minimum Gasteiger partial charge on any atom is -0.663 e. The number of phenolic OH excluding ortho intramolecular Hbond substituents is 1. The Kier molecular flexibility index (Phi) is 7.38. The molecule has 0 atom stereocenters. The topological polar surface area (TPSA) is 65.0 Å². The fraction of sp³-hybridized carbons (Fsp3) is 0.100. The van der Waals surface area contributed by atoms with Gasteiger partial charge in [-0.15, -0.1) is 5.52 Å². The Balaban J connectivity index is 0.00000338. The van der Waals surface area contributed by atoms with Crippen LogP contribution in [0.2, 0.25) is 0 Å². The summed E-state index contributed by atoms with van der Waals surface area (Å²) in [5.41, 5.74) is 10.2. The first kappa shape index (κ1) is 29.7. The molecule has 0 fully saturated rings. The molecule has 5 nitrogen and oxygen atoms in total. The predicted molar refractivity (Wildman–Crippen MR) is 184 cm³/mol. The van der Waals surface area contributed by atoms with E-state index in [1.165, 1.54) is 5.56 Å². The van der Waals surface area contributed by atoms with Crippen LogP contribution < -0.4 is 4.98 Å². The van der Waals surface area contributed by atoms with E-state index in [2.05, 4.69) is 104 Å². The minimum absolute atomic E-state index is 0. The number of aromatic nitrogens is 4. The molecule has 6 heteroatoms.